The second-order valence-corrected chi connectivity index (χ2v) is 5.16. The highest BCUT2D eigenvalue weighted by Gasteiger charge is 2.33. The summed E-state index contributed by atoms with van der Waals surface area (Å²) >= 11 is 11.8. The number of carboxylic acids is 1. The molecule has 0 radical (unpaired) electrons. The lowest BCUT2D eigenvalue weighted by molar-refractivity contribution is -0.148. The number of benzene rings is 1. The third kappa shape index (κ3) is 3.37. The van der Waals surface area contributed by atoms with Gasteiger partial charge in [0.15, 0.2) is 0 Å². The number of likely N-dealkylation sites (tertiary alicyclic amines) is 1. The monoisotopic (exact) mass is 302 g/mol. The van der Waals surface area contributed by atoms with Gasteiger partial charge in [0.2, 0.25) is 5.91 Å². The molecule has 1 amide bonds. The lowest BCUT2D eigenvalue weighted by atomic mass is 10.0. The number of amides is 1. The SMILES string of the molecule is O=C(CN1CC(C(=O)O)C1)Nc1cccc(Cl)c1Cl. The highest BCUT2D eigenvalue weighted by molar-refractivity contribution is 6.43. The number of anilines is 1. The Morgan fingerprint density at radius 3 is 2.68 bits per heavy atom. The Kier molecular flexibility index (Phi) is 4.29. The van der Waals surface area contributed by atoms with Crippen LogP contribution in [0.2, 0.25) is 10.0 Å². The molecule has 0 aromatic heterocycles. The second kappa shape index (κ2) is 5.77. The van der Waals surface area contributed by atoms with E-state index in [0.29, 0.717) is 28.8 Å². The van der Waals surface area contributed by atoms with Crippen LogP contribution in [-0.4, -0.2) is 41.5 Å². The maximum absolute atomic E-state index is 11.8. The fraction of sp³-hybridized carbons (Fsp3) is 0.333. The number of carbonyl (C=O) groups is 2. The van der Waals surface area contributed by atoms with Gasteiger partial charge in [0.05, 0.1) is 28.2 Å². The molecule has 1 aromatic carbocycles. The quantitative estimate of drug-likeness (QED) is 0.892. The smallest absolute Gasteiger partial charge is 0.309 e. The van der Waals surface area contributed by atoms with Gasteiger partial charge in [0, 0.05) is 13.1 Å². The maximum Gasteiger partial charge on any atom is 0.309 e. The Hall–Kier alpha value is -1.30. The number of aliphatic carboxylic acids is 1. The molecular weight excluding hydrogens is 291 g/mol. The van der Waals surface area contributed by atoms with E-state index in [0.717, 1.165) is 0 Å². The summed E-state index contributed by atoms with van der Waals surface area (Å²) in [5.41, 5.74) is 0.453. The van der Waals surface area contributed by atoms with Crippen molar-refractivity contribution in [1.82, 2.24) is 4.90 Å². The zero-order valence-electron chi connectivity index (χ0n) is 9.90. The molecule has 1 fully saturated rings. The van der Waals surface area contributed by atoms with E-state index in [1.807, 2.05) is 0 Å². The molecule has 102 valence electrons. The number of halogens is 2. The van der Waals surface area contributed by atoms with Crippen molar-refractivity contribution in [2.24, 2.45) is 5.92 Å². The highest BCUT2D eigenvalue weighted by Crippen LogP contribution is 2.29. The van der Waals surface area contributed by atoms with Gasteiger partial charge in [-0.25, -0.2) is 0 Å². The first kappa shape index (κ1) is 14.1. The number of nitrogens with zero attached hydrogens (tertiary/aromatic N) is 1. The van der Waals surface area contributed by atoms with Gasteiger partial charge in [-0.1, -0.05) is 29.3 Å². The first-order valence-electron chi connectivity index (χ1n) is 5.66. The van der Waals surface area contributed by atoms with Crippen LogP contribution in [-0.2, 0) is 9.59 Å². The number of rotatable bonds is 4. The number of carbonyl (C=O) groups excluding carboxylic acids is 1. The molecule has 0 atom stereocenters. The third-order valence-electron chi connectivity index (χ3n) is 2.90. The number of carboxylic acid groups (broad SMARTS) is 1. The van der Waals surface area contributed by atoms with E-state index in [-0.39, 0.29) is 18.4 Å². The Morgan fingerprint density at radius 2 is 2.05 bits per heavy atom. The molecule has 1 aromatic rings. The first-order valence-corrected chi connectivity index (χ1v) is 6.42. The third-order valence-corrected chi connectivity index (χ3v) is 3.72. The van der Waals surface area contributed by atoms with Gasteiger partial charge >= 0.3 is 5.97 Å². The Bertz CT molecular complexity index is 516. The molecule has 0 saturated carbocycles. The van der Waals surface area contributed by atoms with Crippen LogP contribution in [0.5, 0.6) is 0 Å². The Labute approximate surface area is 120 Å². The maximum atomic E-state index is 11.8. The van der Waals surface area contributed by atoms with E-state index >= 15 is 0 Å². The van der Waals surface area contributed by atoms with Crippen molar-refractivity contribution in [2.75, 3.05) is 25.0 Å². The fourth-order valence-corrected chi connectivity index (χ4v) is 2.20. The van der Waals surface area contributed by atoms with Crippen LogP contribution in [0.1, 0.15) is 0 Å². The van der Waals surface area contributed by atoms with E-state index in [2.05, 4.69) is 5.32 Å². The van der Waals surface area contributed by atoms with Crippen LogP contribution in [0.15, 0.2) is 18.2 Å². The fourth-order valence-electron chi connectivity index (χ4n) is 1.85. The van der Waals surface area contributed by atoms with Gasteiger partial charge in [-0.3, -0.25) is 14.5 Å². The summed E-state index contributed by atoms with van der Waals surface area (Å²) in [7, 11) is 0. The van der Waals surface area contributed by atoms with Crippen LogP contribution < -0.4 is 5.32 Å². The molecule has 1 aliphatic rings. The average molecular weight is 303 g/mol. The summed E-state index contributed by atoms with van der Waals surface area (Å²) in [6, 6.07) is 4.97. The predicted octanol–water partition coefficient (Wildman–Crippen LogP) is 1.95. The molecule has 0 spiro atoms. The van der Waals surface area contributed by atoms with Crippen molar-refractivity contribution in [2.45, 2.75) is 0 Å². The summed E-state index contributed by atoms with van der Waals surface area (Å²) in [4.78, 5) is 24.1. The minimum absolute atomic E-state index is 0.145. The lowest BCUT2D eigenvalue weighted by Crippen LogP contribution is -2.52. The van der Waals surface area contributed by atoms with E-state index in [1.165, 1.54) is 0 Å². The van der Waals surface area contributed by atoms with Crippen molar-refractivity contribution in [3.8, 4) is 0 Å². The van der Waals surface area contributed by atoms with E-state index in [4.69, 9.17) is 28.3 Å². The topological polar surface area (TPSA) is 69.6 Å². The molecule has 19 heavy (non-hydrogen) atoms. The molecule has 2 N–H and O–H groups in total. The summed E-state index contributed by atoms with van der Waals surface area (Å²) < 4.78 is 0. The average Bonchev–Trinajstić information content (AvgIpc) is 2.28. The standard InChI is InChI=1S/C12H12Cl2N2O3/c13-8-2-1-3-9(11(8)14)15-10(17)6-16-4-7(5-16)12(18)19/h1-3,7H,4-6H2,(H,15,17)(H,18,19). The molecule has 7 heteroatoms. The number of hydrogen-bond donors (Lipinski definition) is 2. The molecule has 2 rings (SSSR count). The largest absolute Gasteiger partial charge is 0.481 e. The van der Waals surface area contributed by atoms with Crippen LogP contribution in [0.4, 0.5) is 5.69 Å². The molecule has 0 aliphatic carbocycles. The molecule has 1 saturated heterocycles. The minimum Gasteiger partial charge on any atom is -0.481 e. The van der Waals surface area contributed by atoms with Gasteiger partial charge in [-0.2, -0.15) is 0 Å². The van der Waals surface area contributed by atoms with Crippen LogP contribution >= 0.6 is 23.2 Å². The van der Waals surface area contributed by atoms with E-state index < -0.39 is 5.97 Å². The van der Waals surface area contributed by atoms with Crippen LogP contribution in [0.25, 0.3) is 0 Å². The summed E-state index contributed by atoms with van der Waals surface area (Å²) in [6.07, 6.45) is 0. The van der Waals surface area contributed by atoms with Gasteiger partial charge in [-0.05, 0) is 12.1 Å². The highest BCUT2D eigenvalue weighted by atomic mass is 35.5. The normalized spacial score (nSPS) is 15.9. The second-order valence-electron chi connectivity index (χ2n) is 4.38. The van der Waals surface area contributed by atoms with Crippen molar-refractivity contribution in [3.63, 3.8) is 0 Å². The number of nitrogens with one attached hydrogen (secondary N) is 1. The molecule has 1 aliphatic heterocycles. The van der Waals surface area contributed by atoms with Crippen molar-refractivity contribution in [3.05, 3.63) is 28.2 Å². The van der Waals surface area contributed by atoms with Gasteiger partial charge in [0.1, 0.15) is 0 Å². The summed E-state index contributed by atoms with van der Waals surface area (Å²) in [5.74, 6) is -1.44. The molecule has 0 unspecified atom stereocenters. The van der Waals surface area contributed by atoms with E-state index in [9.17, 15) is 9.59 Å². The summed E-state index contributed by atoms with van der Waals surface area (Å²) in [6.45, 7) is 0.935. The first-order chi connectivity index (χ1) is 8.97. The van der Waals surface area contributed by atoms with Crippen LogP contribution in [0.3, 0.4) is 0 Å². The molecule has 0 bridgehead atoms. The van der Waals surface area contributed by atoms with Crippen molar-refractivity contribution >= 4 is 40.8 Å². The van der Waals surface area contributed by atoms with Crippen LogP contribution in [0, 0.1) is 5.92 Å². The predicted molar refractivity (Wildman–Crippen MR) is 72.7 cm³/mol. The summed E-state index contributed by atoms with van der Waals surface area (Å²) in [5, 5.41) is 12.0. The molecule has 1 heterocycles. The zero-order chi connectivity index (χ0) is 14.0. The van der Waals surface area contributed by atoms with E-state index in [1.54, 1.807) is 23.1 Å². The van der Waals surface area contributed by atoms with Crippen molar-refractivity contribution in [1.29, 1.82) is 0 Å². The van der Waals surface area contributed by atoms with Gasteiger partial charge < -0.3 is 10.4 Å². The van der Waals surface area contributed by atoms with Crippen molar-refractivity contribution < 1.29 is 14.7 Å². The van der Waals surface area contributed by atoms with Gasteiger partial charge in [-0.15, -0.1) is 0 Å². The minimum atomic E-state index is -0.824. The van der Waals surface area contributed by atoms with Gasteiger partial charge in [0.25, 0.3) is 0 Å². The Balaban J connectivity index is 1.86. The molecular formula is C12H12Cl2N2O3. The zero-order valence-corrected chi connectivity index (χ0v) is 11.4. The number of hydrogen-bond acceptors (Lipinski definition) is 3. The molecule has 5 nitrogen and oxygen atoms in total. The Morgan fingerprint density at radius 1 is 1.37 bits per heavy atom. The lowest BCUT2D eigenvalue weighted by Gasteiger charge is -2.35.